The molecule has 0 saturated carbocycles. The Kier molecular flexibility index (Phi) is 6.17. The van der Waals surface area contributed by atoms with Gasteiger partial charge in [0.2, 0.25) is 10.0 Å². The van der Waals surface area contributed by atoms with Crippen molar-refractivity contribution in [3.05, 3.63) is 29.8 Å². The molecule has 1 fully saturated rings. The van der Waals surface area contributed by atoms with Crippen LogP contribution in [0.3, 0.4) is 0 Å². The van der Waals surface area contributed by atoms with Crippen LogP contribution in [0.15, 0.2) is 29.2 Å². The maximum atomic E-state index is 12.2. The van der Waals surface area contributed by atoms with Crippen molar-refractivity contribution in [2.45, 2.75) is 30.7 Å². The summed E-state index contributed by atoms with van der Waals surface area (Å²) in [6, 6.07) is 7.07. The number of nitrogens with zero attached hydrogens (tertiary/aromatic N) is 1. The predicted molar refractivity (Wildman–Crippen MR) is 84.7 cm³/mol. The first-order valence-corrected chi connectivity index (χ1v) is 9.06. The number of hydrogen-bond donors (Lipinski definition) is 2. The third-order valence-electron chi connectivity index (χ3n) is 3.73. The fraction of sp³-hybridized carbons (Fsp3) is 0.600. The number of benzene rings is 1. The highest BCUT2D eigenvalue weighted by atomic mass is 32.2. The molecule has 2 N–H and O–H groups in total. The van der Waals surface area contributed by atoms with Gasteiger partial charge in [0, 0.05) is 13.1 Å². The van der Waals surface area contributed by atoms with Gasteiger partial charge in [-0.05, 0) is 63.6 Å². The van der Waals surface area contributed by atoms with E-state index in [-0.39, 0.29) is 0 Å². The molecule has 5 nitrogen and oxygen atoms in total. The lowest BCUT2D eigenvalue weighted by Gasteiger charge is -2.14. The zero-order valence-corrected chi connectivity index (χ0v) is 13.5. The van der Waals surface area contributed by atoms with Gasteiger partial charge in [-0.2, -0.15) is 0 Å². The van der Waals surface area contributed by atoms with Crippen molar-refractivity contribution in [3.63, 3.8) is 0 Å². The maximum absolute atomic E-state index is 12.2. The molecule has 0 aromatic heterocycles. The number of hydrogen-bond acceptors (Lipinski definition) is 4. The van der Waals surface area contributed by atoms with Crippen molar-refractivity contribution < 1.29 is 8.42 Å². The summed E-state index contributed by atoms with van der Waals surface area (Å²) in [4.78, 5) is 2.73. The van der Waals surface area contributed by atoms with Gasteiger partial charge >= 0.3 is 0 Å². The van der Waals surface area contributed by atoms with E-state index in [2.05, 4.69) is 14.9 Å². The third-order valence-corrected chi connectivity index (χ3v) is 5.19. The van der Waals surface area contributed by atoms with E-state index in [1.54, 1.807) is 18.2 Å². The van der Waals surface area contributed by atoms with Crippen LogP contribution < -0.4 is 10.0 Å². The lowest BCUT2D eigenvalue weighted by atomic mass is 10.2. The molecule has 2 rings (SSSR count). The quantitative estimate of drug-likeness (QED) is 0.708. The zero-order chi connectivity index (χ0) is 15.1. The van der Waals surface area contributed by atoms with Gasteiger partial charge in [-0.1, -0.05) is 12.1 Å². The van der Waals surface area contributed by atoms with Gasteiger partial charge in [0.15, 0.2) is 0 Å². The molecule has 118 valence electrons. The van der Waals surface area contributed by atoms with Crippen LogP contribution in [0, 0.1) is 0 Å². The number of sulfonamides is 1. The Bertz CT molecular complexity index is 540. The Morgan fingerprint density at radius 1 is 1.24 bits per heavy atom. The van der Waals surface area contributed by atoms with E-state index in [4.69, 9.17) is 0 Å². The lowest BCUT2D eigenvalue weighted by Crippen LogP contribution is -2.28. The molecule has 1 aromatic carbocycles. The van der Waals surface area contributed by atoms with Crippen molar-refractivity contribution in [2.75, 3.05) is 33.2 Å². The van der Waals surface area contributed by atoms with Crippen molar-refractivity contribution in [1.29, 1.82) is 0 Å². The van der Waals surface area contributed by atoms with Crippen LogP contribution in [0.1, 0.15) is 24.8 Å². The molecule has 0 spiro atoms. The standard InChI is InChI=1S/C15H25N3O2S/c1-16-13-14-6-4-7-15(12-14)21(19,20)17-8-5-11-18-9-2-3-10-18/h4,6-7,12,16-17H,2-3,5,8-11,13H2,1H3. The Morgan fingerprint density at radius 2 is 2.00 bits per heavy atom. The molecule has 1 aliphatic rings. The third kappa shape index (κ3) is 5.07. The van der Waals surface area contributed by atoms with Gasteiger partial charge in [-0.3, -0.25) is 0 Å². The Balaban J connectivity index is 1.84. The summed E-state index contributed by atoms with van der Waals surface area (Å²) < 4.78 is 27.2. The van der Waals surface area contributed by atoms with Crippen LogP contribution >= 0.6 is 0 Å². The first kappa shape index (κ1) is 16.4. The summed E-state index contributed by atoms with van der Waals surface area (Å²) in [7, 11) is -1.55. The van der Waals surface area contributed by atoms with E-state index >= 15 is 0 Å². The second-order valence-corrected chi connectivity index (χ2v) is 7.24. The van der Waals surface area contributed by atoms with Gasteiger partial charge in [0.25, 0.3) is 0 Å². The molecule has 1 saturated heterocycles. The summed E-state index contributed by atoms with van der Waals surface area (Å²) in [5.41, 5.74) is 0.970. The molecular weight excluding hydrogens is 286 g/mol. The summed E-state index contributed by atoms with van der Waals surface area (Å²) in [6.45, 7) is 4.44. The molecule has 0 amide bonds. The molecule has 0 bridgehead atoms. The van der Waals surface area contributed by atoms with Crippen LogP contribution in [-0.2, 0) is 16.6 Å². The average Bonchev–Trinajstić information content (AvgIpc) is 2.98. The second kappa shape index (κ2) is 7.89. The van der Waals surface area contributed by atoms with Gasteiger partial charge in [-0.15, -0.1) is 0 Å². The fourth-order valence-corrected chi connectivity index (χ4v) is 3.77. The summed E-state index contributed by atoms with van der Waals surface area (Å²) in [5, 5.41) is 3.03. The van der Waals surface area contributed by atoms with Crippen LogP contribution in [0.4, 0.5) is 0 Å². The molecule has 6 heteroatoms. The zero-order valence-electron chi connectivity index (χ0n) is 12.6. The smallest absolute Gasteiger partial charge is 0.240 e. The molecule has 1 aromatic rings. The maximum Gasteiger partial charge on any atom is 0.240 e. The summed E-state index contributed by atoms with van der Waals surface area (Å²) in [6.07, 6.45) is 3.39. The number of rotatable bonds is 8. The highest BCUT2D eigenvalue weighted by Gasteiger charge is 2.15. The fourth-order valence-electron chi connectivity index (χ4n) is 2.63. The molecule has 1 aliphatic heterocycles. The van der Waals surface area contributed by atoms with Crippen molar-refractivity contribution in [1.82, 2.24) is 14.9 Å². The lowest BCUT2D eigenvalue weighted by molar-refractivity contribution is 0.334. The minimum absolute atomic E-state index is 0.344. The second-order valence-electron chi connectivity index (χ2n) is 5.48. The van der Waals surface area contributed by atoms with Crippen molar-refractivity contribution in [3.8, 4) is 0 Å². The van der Waals surface area contributed by atoms with Gasteiger partial charge in [0.1, 0.15) is 0 Å². The predicted octanol–water partition coefficient (Wildman–Crippen LogP) is 1.17. The molecule has 21 heavy (non-hydrogen) atoms. The number of nitrogens with one attached hydrogen (secondary N) is 2. The SMILES string of the molecule is CNCc1cccc(S(=O)(=O)NCCCN2CCCC2)c1. The van der Waals surface area contributed by atoms with Crippen LogP contribution in [-0.4, -0.2) is 46.5 Å². The van der Waals surface area contributed by atoms with E-state index in [1.165, 1.54) is 12.8 Å². The molecule has 0 aliphatic carbocycles. The van der Waals surface area contributed by atoms with Crippen LogP contribution in [0.5, 0.6) is 0 Å². The van der Waals surface area contributed by atoms with E-state index in [9.17, 15) is 8.42 Å². The Labute approximate surface area is 127 Å². The van der Waals surface area contributed by atoms with E-state index in [1.807, 2.05) is 13.1 Å². The summed E-state index contributed by atoms with van der Waals surface area (Å²) >= 11 is 0. The van der Waals surface area contributed by atoms with Gasteiger partial charge in [0.05, 0.1) is 4.90 Å². The molecule has 0 radical (unpaired) electrons. The van der Waals surface area contributed by atoms with Crippen LogP contribution in [0.25, 0.3) is 0 Å². The Morgan fingerprint density at radius 3 is 2.71 bits per heavy atom. The van der Waals surface area contributed by atoms with Crippen LogP contribution in [0.2, 0.25) is 0 Å². The molecule has 1 heterocycles. The summed E-state index contributed by atoms with van der Waals surface area (Å²) in [5.74, 6) is 0. The minimum Gasteiger partial charge on any atom is -0.316 e. The van der Waals surface area contributed by atoms with Crippen molar-refractivity contribution >= 4 is 10.0 Å². The molecule has 0 unspecified atom stereocenters. The monoisotopic (exact) mass is 311 g/mol. The highest BCUT2D eigenvalue weighted by molar-refractivity contribution is 7.89. The number of likely N-dealkylation sites (tertiary alicyclic amines) is 1. The topological polar surface area (TPSA) is 61.4 Å². The van der Waals surface area contributed by atoms with Gasteiger partial charge in [-0.25, -0.2) is 13.1 Å². The van der Waals surface area contributed by atoms with E-state index < -0.39 is 10.0 Å². The normalized spacial score (nSPS) is 16.4. The molecular formula is C15H25N3O2S. The van der Waals surface area contributed by atoms with Crippen molar-refractivity contribution in [2.24, 2.45) is 0 Å². The minimum atomic E-state index is -3.39. The van der Waals surface area contributed by atoms with E-state index in [0.29, 0.717) is 18.0 Å². The first-order valence-electron chi connectivity index (χ1n) is 7.57. The van der Waals surface area contributed by atoms with Gasteiger partial charge < -0.3 is 10.2 Å². The first-order chi connectivity index (χ1) is 10.1. The molecule has 0 atom stereocenters. The highest BCUT2D eigenvalue weighted by Crippen LogP contribution is 2.12. The average molecular weight is 311 g/mol. The Hall–Kier alpha value is -0.950. The van der Waals surface area contributed by atoms with E-state index in [0.717, 1.165) is 31.6 Å². The largest absolute Gasteiger partial charge is 0.316 e.